The first-order valence-corrected chi connectivity index (χ1v) is 14.5. The molecule has 5 rings (SSSR count). The van der Waals surface area contributed by atoms with E-state index in [-0.39, 0.29) is 23.5 Å². The van der Waals surface area contributed by atoms with Crippen LogP contribution in [0, 0.1) is 11.7 Å². The van der Waals surface area contributed by atoms with Gasteiger partial charge in [-0.3, -0.25) is 4.98 Å². The molecule has 2 aromatic carbocycles. The number of nitrogens with zero attached hydrogens (tertiary/aromatic N) is 4. The fourth-order valence-corrected chi connectivity index (χ4v) is 6.17. The van der Waals surface area contributed by atoms with Gasteiger partial charge in [-0.15, -0.1) is 0 Å². The monoisotopic (exact) mass is 547 g/mol. The summed E-state index contributed by atoms with van der Waals surface area (Å²) in [4.78, 5) is 17.4. The summed E-state index contributed by atoms with van der Waals surface area (Å²) in [6, 6.07) is 16.2. The van der Waals surface area contributed by atoms with Crippen molar-refractivity contribution in [2.45, 2.75) is 31.4 Å². The molecule has 0 amide bonds. The van der Waals surface area contributed by atoms with Crippen LogP contribution in [-0.4, -0.2) is 42.6 Å². The molecule has 1 saturated heterocycles. The van der Waals surface area contributed by atoms with Crippen molar-refractivity contribution >= 4 is 22.0 Å². The van der Waals surface area contributed by atoms with Crippen LogP contribution in [0.1, 0.15) is 37.0 Å². The zero-order valence-corrected chi connectivity index (χ0v) is 22.4. The van der Waals surface area contributed by atoms with Crippen LogP contribution < -0.4 is 10.0 Å². The van der Waals surface area contributed by atoms with E-state index >= 15 is 4.39 Å². The molecule has 2 N–H and O–H groups in total. The number of anilines is 1. The molecule has 1 fully saturated rings. The van der Waals surface area contributed by atoms with Crippen molar-refractivity contribution in [3.8, 4) is 28.1 Å². The van der Waals surface area contributed by atoms with Gasteiger partial charge in [0.1, 0.15) is 23.0 Å². The van der Waals surface area contributed by atoms with Crippen molar-refractivity contribution in [2.24, 2.45) is 11.1 Å². The lowest BCUT2D eigenvalue weighted by atomic mass is 9.98. The Morgan fingerprint density at radius 3 is 2.31 bits per heavy atom. The van der Waals surface area contributed by atoms with Crippen LogP contribution in [0.4, 0.5) is 10.1 Å². The Balaban J connectivity index is 1.55. The number of pyridine rings is 1. The third-order valence-electron chi connectivity index (χ3n) is 7.31. The first kappa shape index (κ1) is 26.7. The second-order valence-corrected chi connectivity index (χ2v) is 11.5. The number of benzene rings is 2. The van der Waals surface area contributed by atoms with Gasteiger partial charge in [0.15, 0.2) is 0 Å². The van der Waals surface area contributed by atoms with Gasteiger partial charge in [0.2, 0.25) is 10.0 Å². The van der Waals surface area contributed by atoms with E-state index in [4.69, 9.17) is 10.2 Å². The minimum atomic E-state index is -4.00. The standard InChI is InChI=1S/C29H30FN5O3S/c1-2-27(39(31,37)38)25-5-3-4-24(28(25)30)26-18-35(33-29(26)21-10-14-32-15-11-21)23-8-6-22(7-9-23)34-16-12-20(19-36)13-17-34/h3-11,14-15,18-20,27H,2,12-13,16-17H2,1H3,(H2,31,37,38). The fourth-order valence-electron chi connectivity index (χ4n) is 5.17. The quantitative estimate of drug-likeness (QED) is 0.314. The number of nitrogens with two attached hydrogens (primary N) is 1. The summed E-state index contributed by atoms with van der Waals surface area (Å²) in [5.74, 6) is -0.506. The molecule has 0 saturated carbocycles. The number of aldehydes is 1. The minimum Gasteiger partial charge on any atom is -0.371 e. The first-order valence-electron chi connectivity index (χ1n) is 12.9. The number of carbonyl (C=O) groups is 1. The third kappa shape index (κ3) is 5.48. The second kappa shape index (κ2) is 11.1. The van der Waals surface area contributed by atoms with Gasteiger partial charge < -0.3 is 9.69 Å². The topological polar surface area (TPSA) is 111 Å². The summed E-state index contributed by atoms with van der Waals surface area (Å²) < 4.78 is 42.0. The van der Waals surface area contributed by atoms with E-state index < -0.39 is 21.1 Å². The van der Waals surface area contributed by atoms with E-state index in [2.05, 4.69) is 9.88 Å². The number of aromatic nitrogens is 3. The molecule has 2 aromatic heterocycles. The molecule has 1 aliphatic heterocycles. The van der Waals surface area contributed by atoms with Crippen LogP contribution in [0.15, 0.2) is 73.2 Å². The average molecular weight is 548 g/mol. The fraction of sp³-hybridized carbons (Fsp3) is 0.276. The summed E-state index contributed by atoms with van der Waals surface area (Å²) in [6.45, 7) is 3.32. The number of halogens is 1. The lowest BCUT2D eigenvalue weighted by molar-refractivity contribution is -0.111. The second-order valence-electron chi connectivity index (χ2n) is 9.74. The number of hydrogen-bond acceptors (Lipinski definition) is 6. The van der Waals surface area contributed by atoms with Gasteiger partial charge in [-0.1, -0.05) is 25.1 Å². The summed E-state index contributed by atoms with van der Waals surface area (Å²) in [5, 5.41) is 9.07. The third-order valence-corrected chi connectivity index (χ3v) is 8.69. The van der Waals surface area contributed by atoms with Crippen LogP contribution >= 0.6 is 0 Å². The lowest BCUT2D eigenvalue weighted by Gasteiger charge is -2.31. The van der Waals surface area contributed by atoms with Crippen molar-refractivity contribution in [1.29, 1.82) is 0 Å². The zero-order valence-electron chi connectivity index (χ0n) is 21.6. The Kier molecular flexibility index (Phi) is 7.58. The number of sulfonamides is 1. The molecular formula is C29H30FN5O3S. The molecule has 0 aliphatic carbocycles. The molecule has 3 heterocycles. The highest BCUT2D eigenvalue weighted by atomic mass is 32.2. The Hall–Kier alpha value is -3.89. The van der Waals surface area contributed by atoms with Crippen LogP contribution in [0.25, 0.3) is 28.1 Å². The number of piperidine rings is 1. The molecule has 0 bridgehead atoms. The summed E-state index contributed by atoms with van der Waals surface area (Å²) in [5.41, 5.74) is 3.93. The Bertz CT molecular complexity index is 1560. The average Bonchev–Trinajstić information content (AvgIpc) is 3.39. The molecule has 0 radical (unpaired) electrons. The number of hydrogen-bond donors (Lipinski definition) is 1. The highest BCUT2D eigenvalue weighted by molar-refractivity contribution is 7.89. The van der Waals surface area contributed by atoms with Crippen molar-refractivity contribution in [2.75, 3.05) is 18.0 Å². The number of carbonyl (C=O) groups excluding carboxylic acids is 1. The minimum absolute atomic E-state index is 0.0358. The number of primary sulfonamides is 1. The van der Waals surface area contributed by atoms with E-state index in [1.54, 1.807) is 54.5 Å². The Morgan fingerprint density at radius 2 is 1.69 bits per heavy atom. The normalized spacial score (nSPS) is 15.3. The van der Waals surface area contributed by atoms with Crippen molar-refractivity contribution in [3.05, 3.63) is 84.6 Å². The summed E-state index contributed by atoms with van der Waals surface area (Å²) >= 11 is 0. The van der Waals surface area contributed by atoms with Crippen LogP contribution in [0.3, 0.4) is 0 Å². The molecule has 10 heteroatoms. The van der Waals surface area contributed by atoms with Crippen molar-refractivity contribution in [3.63, 3.8) is 0 Å². The van der Waals surface area contributed by atoms with E-state index in [0.717, 1.165) is 49.2 Å². The largest absolute Gasteiger partial charge is 0.371 e. The molecule has 0 spiro atoms. The van der Waals surface area contributed by atoms with Gasteiger partial charge in [-0.2, -0.15) is 5.10 Å². The maximum absolute atomic E-state index is 15.9. The molecule has 1 atom stereocenters. The molecule has 1 unspecified atom stereocenters. The first-order chi connectivity index (χ1) is 18.8. The van der Waals surface area contributed by atoms with E-state index in [9.17, 15) is 13.2 Å². The van der Waals surface area contributed by atoms with Gasteiger partial charge in [-0.05, 0) is 55.7 Å². The van der Waals surface area contributed by atoms with Gasteiger partial charge in [0, 0.05) is 65.5 Å². The lowest BCUT2D eigenvalue weighted by Crippen LogP contribution is -2.34. The molecule has 39 heavy (non-hydrogen) atoms. The molecule has 4 aromatic rings. The van der Waals surface area contributed by atoms with E-state index in [1.807, 2.05) is 24.3 Å². The zero-order chi connectivity index (χ0) is 27.6. The molecule has 1 aliphatic rings. The maximum atomic E-state index is 15.9. The number of rotatable bonds is 8. The SMILES string of the molecule is CCC(c1cccc(-c2cn(-c3ccc(N4CCC(C=O)CC4)cc3)nc2-c2ccncc2)c1F)S(N)(=O)=O. The summed E-state index contributed by atoms with van der Waals surface area (Å²) in [6.07, 6.45) is 7.92. The van der Waals surface area contributed by atoms with Gasteiger partial charge in [-0.25, -0.2) is 22.6 Å². The Labute approximate surface area is 227 Å². The molecule has 8 nitrogen and oxygen atoms in total. The van der Waals surface area contributed by atoms with Crippen molar-refractivity contribution < 1.29 is 17.6 Å². The highest BCUT2D eigenvalue weighted by Gasteiger charge is 2.27. The van der Waals surface area contributed by atoms with Crippen LogP contribution in [0.2, 0.25) is 0 Å². The van der Waals surface area contributed by atoms with Crippen LogP contribution in [-0.2, 0) is 14.8 Å². The molecule has 202 valence electrons. The summed E-state index contributed by atoms with van der Waals surface area (Å²) in [7, 11) is -4.00. The van der Waals surface area contributed by atoms with Crippen LogP contribution in [0.5, 0.6) is 0 Å². The van der Waals surface area contributed by atoms with Gasteiger partial charge in [0.05, 0.1) is 5.69 Å². The highest BCUT2D eigenvalue weighted by Crippen LogP contribution is 2.37. The van der Waals surface area contributed by atoms with E-state index in [0.29, 0.717) is 11.3 Å². The van der Waals surface area contributed by atoms with Crippen molar-refractivity contribution in [1.82, 2.24) is 14.8 Å². The molecular weight excluding hydrogens is 517 g/mol. The van der Waals surface area contributed by atoms with E-state index in [1.165, 1.54) is 6.07 Å². The Morgan fingerprint density at radius 1 is 1.03 bits per heavy atom. The smallest absolute Gasteiger partial charge is 0.216 e. The van der Waals surface area contributed by atoms with Gasteiger partial charge >= 0.3 is 0 Å². The predicted molar refractivity (Wildman–Crippen MR) is 149 cm³/mol. The maximum Gasteiger partial charge on any atom is 0.216 e. The van der Waals surface area contributed by atoms with Gasteiger partial charge in [0.25, 0.3) is 0 Å². The predicted octanol–water partition coefficient (Wildman–Crippen LogP) is 4.90.